The summed E-state index contributed by atoms with van der Waals surface area (Å²) in [6.45, 7) is -1.63. The van der Waals surface area contributed by atoms with Crippen molar-refractivity contribution in [3.8, 4) is 0 Å². The van der Waals surface area contributed by atoms with E-state index in [-0.39, 0.29) is 22.0 Å². The number of aliphatic hydroxyl groups excluding tert-OH is 1. The minimum atomic E-state index is -4.54. The smallest absolute Gasteiger partial charge is 0.394 e. The topological polar surface area (TPSA) is 67.2 Å². The molecule has 19 heavy (non-hydrogen) atoms. The van der Waals surface area contributed by atoms with Crippen LogP contribution in [-0.2, 0) is 6.54 Å². The molecule has 1 fully saturated rings. The Bertz CT molecular complexity index is 540. The molecule has 0 aliphatic heterocycles. The van der Waals surface area contributed by atoms with Gasteiger partial charge in [0.2, 0.25) is 0 Å². The van der Waals surface area contributed by atoms with Gasteiger partial charge in [0.05, 0.1) is 24.0 Å². The Morgan fingerprint density at radius 2 is 2.16 bits per heavy atom. The molecule has 0 saturated heterocycles. The van der Waals surface area contributed by atoms with Gasteiger partial charge in [-0.2, -0.15) is 18.3 Å². The largest absolute Gasteiger partial charge is 0.408 e. The lowest BCUT2D eigenvalue weighted by atomic mass is 10.3. The second-order valence-electron chi connectivity index (χ2n) is 4.51. The Morgan fingerprint density at radius 3 is 2.63 bits per heavy atom. The Hall–Kier alpha value is -1.28. The number of nitrogens with one attached hydrogen (secondary N) is 1. The number of hydrogen-bond donors (Lipinski definition) is 2. The van der Waals surface area contributed by atoms with E-state index in [1.807, 2.05) is 0 Å². The molecule has 0 radical (unpaired) electrons. The molecule has 5 nitrogen and oxygen atoms in total. The first-order valence-electron chi connectivity index (χ1n) is 5.48. The minimum Gasteiger partial charge on any atom is -0.394 e. The first kappa shape index (κ1) is 14.1. The van der Waals surface area contributed by atoms with Gasteiger partial charge in [-0.1, -0.05) is 11.6 Å². The van der Waals surface area contributed by atoms with Gasteiger partial charge in [-0.3, -0.25) is 4.79 Å². The molecule has 1 aliphatic carbocycles. The molecular formula is C10H11ClF3N3O2. The molecular weight excluding hydrogens is 287 g/mol. The number of halogens is 4. The van der Waals surface area contributed by atoms with E-state index in [1.165, 1.54) is 0 Å². The van der Waals surface area contributed by atoms with Crippen LogP contribution in [0.3, 0.4) is 0 Å². The van der Waals surface area contributed by atoms with Crippen molar-refractivity contribution in [2.45, 2.75) is 31.1 Å². The van der Waals surface area contributed by atoms with Crippen LogP contribution in [0.4, 0.5) is 18.9 Å². The van der Waals surface area contributed by atoms with Crippen LogP contribution in [-0.4, -0.2) is 33.2 Å². The summed E-state index contributed by atoms with van der Waals surface area (Å²) in [5.41, 5.74) is -1.41. The predicted molar refractivity (Wildman–Crippen MR) is 62.2 cm³/mol. The third-order valence-electron chi connectivity index (χ3n) is 2.87. The lowest BCUT2D eigenvalue weighted by molar-refractivity contribution is -0.143. The first-order valence-corrected chi connectivity index (χ1v) is 5.86. The van der Waals surface area contributed by atoms with Gasteiger partial charge in [-0.25, -0.2) is 4.68 Å². The standard InChI is InChI=1S/C10H11ClF3N3O2/c11-7-6(16-9(5-18)1-2-9)3-15-17(8(7)19)4-10(12,13)14/h3,16,18H,1-2,4-5H2. The maximum absolute atomic E-state index is 12.2. The SMILES string of the molecule is O=c1c(Cl)c(NC2(CO)CC2)cnn1CC(F)(F)F. The molecule has 1 aliphatic rings. The Morgan fingerprint density at radius 1 is 1.53 bits per heavy atom. The first-order chi connectivity index (χ1) is 8.76. The van der Waals surface area contributed by atoms with Crippen LogP contribution in [0, 0.1) is 0 Å². The number of aliphatic hydroxyl groups is 1. The molecule has 1 saturated carbocycles. The van der Waals surface area contributed by atoms with Gasteiger partial charge < -0.3 is 10.4 Å². The third kappa shape index (κ3) is 3.19. The predicted octanol–water partition coefficient (Wildman–Crippen LogP) is 1.40. The summed E-state index contributed by atoms with van der Waals surface area (Å²) in [6, 6.07) is 0. The summed E-state index contributed by atoms with van der Waals surface area (Å²) in [6.07, 6.45) is -2.08. The second-order valence-corrected chi connectivity index (χ2v) is 4.89. The van der Waals surface area contributed by atoms with Gasteiger partial charge in [0.15, 0.2) is 0 Å². The zero-order valence-electron chi connectivity index (χ0n) is 9.67. The fraction of sp³-hybridized carbons (Fsp3) is 0.600. The second kappa shape index (κ2) is 4.68. The maximum Gasteiger partial charge on any atom is 0.408 e. The van der Waals surface area contributed by atoms with Crippen molar-refractivity contribution in [3.05, 3.63) is 21.6 Å². The molecule has 9 heteroatoms. The van der Waals surface area contributed by atoms with E-state index in [4.69, 9.17) is 16.7 Å². The number of alkyl halides is 3. The van der Waals surface area contributed by atoms with Crippen molar-refractivity contribution in [1.29, 1.82) is 0 Å². The van der Waals surface area contributed by atoms with E-state index in [0.29, 0.717) is 12.8 Å². The van der Waals surface area contributed by atoms with Crippen LogP contribution >= 0.6 is 11.6 Å². The summed E-state index contributed by atoms with van der Waals surface area (Å²) < 4.78 is 36.8. The minimum absolute atomic E-state index is 0.136. The monoisotopic (exact) mass is 297 g/mol. The zero-order valence-corrected chi connectivity index (χ0v) is 10.4. The fourth-order valence-corrected chi connectivity index (χ4v) is 1.79. The normalized spacial score (nSPS) is 17.3. The van der Waals surface area contributed by atoms with E-state index in [9.17, 15) is 18.0 Å². The van der Waals surface area contributed by atoms with Crippen LogP contribution in [0.2, 0.25) is 5.02 Å². The number of hydrogen-bond acceptors (Lipinski definition) is 4. The number of nitrogens with zero attached hydrogens (tertiary/aromatic N) is 2. The maximum atomic E-state index is 12.2. The molecule has 1 heterocycles. The highest BCUT2D eigenvalue weighted by molar-refractivity contribution is 6.32. The van der Waals surface area contributed by atoms with Crippen molar-refractivity contribution < 1.29 is 18.3 Å². The summed E-state index contributed by atoms with van der Waals surface area (Å²) in [4.78, 5) is 11.6. The summed E-state index contributed by atoms with van der Waals surface area (Å²) in [7, 11) is 0. The average Bonchev–Trinajstić information content (AvgIpc) is 3.08. The molecule has 0 atom stereocenters. The quantitative estimate of drug-likeness (QED) is 0.881. The molecule has 0 unspecified atom stereocenters. The molecule has 0 bridgehead atoms. The Labute approximate surface area is 111 Å². The van der Waals surface area contributed by atoms with Crippen LogP contribution in [0.25, 0.3) is 0 Å². The molecule has 2 rings (SSSR count). The van der Waals surface area contributed by atoms with Crippen molar-refractivity contribution in [2.24, 2.45) is 0 Å². The van der Waals surface area contributed by atoms with Crippen LogP contribution in [0.1, 0.15) is 12.8 Å². The molecule has 1 aromatic rings. The third-order valence-corrected chi connectivity index (χ3v) is 3.24. The van der Waals surface area contributed by atoms with Crippen molar-refractivity contribution in [3.63, 3.8) is 0 Å². The van der Waals surface area contributed by atoms with Crippen molar-refractivity contribution >= 4 is 17.3 Å². The Balaban J connectivity index is 2.25. The summed E-state index contributed by atoms with van der Waals surface area (Å²) in [5, 5.41) is 15.0. The molecule has 0 spiro atoms. The van der Waals surface area contributed by atoms with Gasteiger partial charge in [-0.05, 0) is 12.8 Å². The average molecular weight is 298 g/mol. The van der Waals surface area contributed by atoms with E-state index in [2.05, 4.69) is 10.4 Å². The van der Waals surface area contributed by atoms with Crippen LogP contribution in [0.15, 0.2) is 11.0 Å². The molecule has 0 amide bonds. The van der Waals surface area contributed by atoms with Gasteiger partial charge >= 0.3 is 6.18 Å². The summed E-state index contributed by atoms with van der Waals surface area (Å²) in [5.74, 6) is 0. The highest BCUT2D eigenvalue weighted by Gasteiger charge is 2.42. The summed E-state index contributed by atoms with van der Waals surface area (Å²) >= 11 is 5.73. The molecule has 106 valence electrons. The lowest BCUT2D eigenvalue weighted by Crippen LogP contribution is -2.32. The van der Waals surface area contributed by atoms with Gasteiger partial charge in [0.1, 0.15) is 11.6 Å². The molecule has 2 N–H and O–H groups in total. The molecule has 0 aromatic carbocycles. The van der Waals surface area contributed by atoms with E-state index in [1.54, 1.807) is 0 Å². The van der Waals surface area contributed by atoms with Crippen LogP contribution < -0.4 is 10.9 Å². The fourth-order valence-electron chi connectivity index (χ4n) is 1.59. The van der Waals surface area contributed by atoms with E-state index in [0.717, 1.165) is 6.20 Å². The number of aromatic nitrogens is 2. The lowest BCUT2D eigenvalue weighted by Gasteiger charge is -2.17. The van der Waals surface area contributed by atoms with Gasteiger partial charge in [-0.15, -0.1) is 0 Å². The van der Waals surface area contributed by atoms with E-state index >= 15 is 0 Å². The number of rotatable bonds is 4. The van der Waals surface area contributed by atoms with Crippen LogP contribution in [0.5, 0.6) is 0 Å². The van der Waals surface area contributed by atoms with Gasteiger partial charge in [0.25, 0.3) is 5.56 Å². The van der Waals surface area contributed by atoms with Crippen molar-refractivity contribution in [2.75, 3.05) is 11.9 Å². The van der Waals surface area contributed by atoms with Crippen molar-refractivity contribution in [1.82, 2.24) is 9.78 Å². The highest BCUT2D eigenvalue weighted by atomic mass is 35.5. The Kier molecular flexibility index (Phi) is 3.48. The molecule has 1 aromatic heterocycles. The van der Waals surface area contributed by atoms with E-state index < -0.39 is 23.8 Å². The zero-order chi connectivity index (χ0) is 14.3. The highest BCUT2D eigenvalue weighted by Crippen LogP contribution is 2.39. The number of anilines is 1. The van der Waals surface area contributed by atoms with Gasteiger partial charge in [0, 0.05) is 0 Å².